The molecule has 3 nitrogen and oxygen atoms in total. The molecule has 0 heterocycles. The molecule has 2 N–H and O–H groups in total. The maximum absolute atomic E-state index is 9.81. The fourth-order valence-corrected chi connectivity index (χ4v) is 0.346. The van der Waals surface area contributed by atoms with E-state index < -0.39 is 12.1 Å². The van der Waals surface area contributed by atoms with E-state index in [9.17, 15) is 4.79 Å². The molecule has 0 saturated heterocycles. The molecule has 0 aliphatic heterocycles. The second-order valence-corrected chi connectivity index (χ2v) is 1.66. The Morgan fingerprint density at radius 1 is 1.67 bits per heavy atom. The first-order valence-corrected chi connectivity index (χ1v) is 2.56. The first kappa shape index (κ1) is 12.0. The van der Waals surface area contributed by atoms with Gasteiger partial charge in [0.25, 0.3) is 0 Å². The van der Waals surface area contributed by atoms with Crippen LogP contribution in [0.25, 0.3) is 0 Å². The summed E-state index contributed by atoms with van der Waals surface area (Å²) in [6, 6.07) is 0. The fraction of sp³-hybridized carbons (Fsp3) is 0.800. The minimum atomic E-state index is -0.945. The van der Waals surface area contributed by atoms with Gasteiger partial charge in [-0.05, 0) is 6.42 Å². The summed E-state index contributed by atoms with van der Waals surface area (Å²) in [6.45, 7) is 1.74. The SMILES string of the molecule is CCC(O)CC(=O)O.[Zr]. The normalized spacial score (nSPS) is 11.8. The van der Waals surface area contributed by atoms with Gasteiger partial charge in [-0.25, -0.2) is 0 Å². The van der Waals surface area contributed by atoms with Crippen LogP contribution in [0.2, 0.25) is 0 Å². The summed E-state index contributed by atoms with van der Waals surface area (Å²) in [5, 5.41) is 16.7. The third-order valence-corrected chi connectivity index (χ3v) is 0.881. The van der Waals surface area contributed by atoms with Gasteiger partial charge in [-0.2, -0.15) is 0 Å². The molecule has 0 saturated carbocycles. The number of carboxylic acid groups (broad SMARTS) is 1. The van der Waals surface area contributed by atoms with Crippen molar-refractivity contribution in [2.45, 2.75) is 25.9 Å². The summed E-state index contributed by atoms with van der Waals surface area (Å²) in [7, 11) is 0. The van der Waals surface area contributed by atoms with Gasteiger partial charge in [0.15, 0.2) is 0 Å². The smallest absolute Gasteiger partial charge is 0.305 e. The van der Waals surface area contributed by atoms with Crippen LogP contribution in [-0.2, 0) is 31.0 Å². The molecule has 0 fully saturated rings. The molecule has 0 aromatic heterocycles. The second kappa shape index (κ2) is 6.43. The summed E-state index contributed by atoms with van der Waals surface area (Å²) in [5.41, 5.74) is 0. The van der Waals surface area contributed by atoms with E-state index in [2.05, 4.69) is 0 Å². The number of hydrogen-bond acceptors (Lipinski definition) is 2. The van der Waals surface area contributed by atoms with Crippen molar-refractivity contribution in [2.75, 3.05) is 0 Å². The molecule has 1 unspecified atom stereocenters. The maximum Gasteiger partial charge on any atom is 0.305 e. The van der Waals surface area contributed by atoms with Crippen molar-refractivity contribution in [3.63, 3.8) is 0 Å². The summed E-state index contributed by atoms with van der Waals surface area (Å²) in [6.07, 6.45) is -0.310. The number of rotatable bonds is 3. The number of hydrogen-bond donors (Lipinski definition) is 2. The van der Waals surface area contributed by atoms with Crippen molar-refractivity contribution in [2.24, 2.45) is 0 Å². The molecule has 52 valence electrons. The molecule has 0 aromatic carbocycles. The second-order valence-electron chi connectivity index (χ2n) is 1.66. The Kier molecular flexibility index (Phi) is 8.60. The summed E-state index contributed by atoms with van der Waals surface area (Å²) in [5.74, 6) is -0.945. The van der Waals surface area contributed by atoms with Crippen molar-refractivity contribution in [1.29, 1.82) is 0 Å². The molecule has 0 bridgehead atoms. The Balaban J connectivity index is 0. The predicted octanol–water partition coefficient (Wildman–Crippen LogP) is 0.230. The standard InChI is InChI=1S/C5H10O3.Zr/c1-2-4(6)3-5(7)8;/h4,6H,2-3H2,1H3,(H,7,8);. The average molecular weight is 209 g/mol. The number of aliphatic hydroxyl groups excluding tert-OH is 1. The fourth-order valence-electron chi connectivity index (χ4n) is 0.346. The molecule has 0 aliphatic rings. The quantitative estimate of drug-likeness (QED) is 0.699. The van der Waals surface area contributed by atoms with E-state index in [1.807, 2.05) is 0 Å². The minimum absolute atomic E-state index is 0. The van der Waals surface area contributed by atoms with Gasteiger partial charge in [-0.1, -0.05) is 6.92 Å². The van der Waals surface area contributed by atoms with Gasteiger partial charge in [0.2, 0.25) is 0 Å². The number of aliphatic carboxylic acids is 1. The van der Waals surface area contributed by atoms with Gasteiger partial charge in [-0.3, -0.25) is 4.79 Å². The van der Waals surface area contributed by atoms with E-state index in [0.717, 1.165) is 0 Å². The van der Waals surface area contributed by atoms with Crippen LogP contribution in [0.1, 0.15) is 19.8 Å². The Bertz CT molecular complexity index is 84.3. The minimum Gasteiger partial charge on any atom is -0.481 e. The first-order chi connectivity index (χ1) is 3.66. The molecule has 1 atom stereocenters. The van der Waals surface area contributed by atoms with Crippen LogP contribution in [0.15, 0.2) is 0 Å². The van der Waals surface area contributed by atoms with E-state index in [1.54, 1.807) is 6.92 Å². The molecule has 9 heavy (non-hydrogen) atoms. The predicted molar refractivity (Wildman–Crippen MR) is 28.6 cm³/mol. The topological polar surface area (TPSA) is 57.5 Å². The van der Waals surface area contributed by atoms with E-state index in [1.165, 1.54) is 0 Å². The van der Waals surface area contributed by atoms with E-state index in [0.29, 0.717) is 6.42 Å². The molecule has 4 heteroatoms. The van der Waals surface area contributed by atoms with Crippen molar-refractivity contribution in [1.82, 2.24) is 0 Å². The molecule has 0 amide bonds. The number of carbonyl (C=O) groups is 1. The summed E-state index contributed by atoms with van der Waals surface area (Å²) in [4.78, 5) is 9.81. The van der Waals surface area contributed by atoms with Gasteiger partial charge < -0.3 is 10.2 Å². The molecular formula is C5H10O3Zr. The summed E-state index contributed by atoms with van der Waals surface area (Å²) >= 11 is 0. The number of aliphatic hydroxyl groups is 1. The van der Waals surface area contributed by atoms with Gasteiger partial charge in [-0.15, -0.1) is 0 Å². The largest absolute Gasteiger partial charge is 0.481 e. The third kappa shape index (κ3) is 8.31. The maximum atomic E-state index is 9.81. The first-order valence-electron chi connectivity index (χ1n) is 2.56. The van der Waals surface area contributed by atoms with Gasteiger partial charge in [0.1, 0.15) is 0 Å². The van der Waals surface area contributed by atoms with Crippen LogP contribution >= 0.6 is 0 Å². The molecule has 0 radical (unpaired) electrons. The third-order valence-electron chi connectivity index (χ3n) is 0.881. The van der Waals surface area contributed by atoms with E-state index >= 15 is 0 Å². The monoisotopic (exact) mass is 208 g/mol. The van der Waals surface area contributed by atoms with Crippen molar-refractivity contribution in [3.05, 3.63) is 0 Å². The van der Waals surface area contributed by atoms with E-state index in [4.69, 9.17) is 10.2 Å². The van der Waals surface area contributed by atoms with Crippen LogP contribution in [0.4, 0.5) is 0 Å². The van der Waals surface area contributed by atoms with Gasteiger partial charge in [0.05, 0.1) is 12.5 Å². The van der Waals surface area contributed by atoms with Crippen molar-refractivity contribution >= 4 is 5.97 Å². The van der Waals surface area contributed by atoms with Crippen LogP contribution in [-0.4, -0.2) is 22.3 Å². The Hall–Kier alpha value is 0.313. The van der Waals surface area contributed by atoms with Gasteiger partial charge >= 0.3 is 5.97 Å². The Morgan fingerprint density at radius 2 is 2.11 bits per heavy atom. The zero-order valence-corrected chi connectivity index (χ0v) is 7.75. The van der Waals surface area contributed by atoms with Crippen molar-refractivity contribution in [3.8, 4) is 0 Å². The summed E-state index contributed by atoms with van der Waals surface area (Å²) < 4.78 is 0. The molecule has 0 aliphatic carbocycles. The van der Waals surface area contributed by atoms with Crippen LogP contribution in [0.5, 0.6) is 0 Å². The van der Waals surface area contributed by atoms with Gasteiger partial charge in [0, 0.05) is 26.2 Å². The zero-order valence-electron chi connectivity index (χ0n) is 5.29. The molecular weight excluding hydrogens is 199 g/mol. The van der Waals surface area contributed by atoms with Crippen LogP contribution in [0, 0.1) is 0 Å². The van der Waals surface area contributed by atoms with Crippen molar-refractivity contribution < 1.29 is 41.2 Å². The van der Waals surface area contributed by atoms with E-state index in [-0.39, 0.29) is 32.6 Å². The molecule has 0 spiro atoms. The zero-order chi connectivity index (χ0) is 6.57. The Morgan fingerprint density at radius 3 is 2.22 bits per heavy atom. The van der Waals surface area contributed by atoms with Crippen LogP contribution in [0.3, 0.4) is 0 Å². The number of carboxylic acids is 1. The van der Waals surface area contributed by atoms with Crippen LogP contribution < -0.4 is 0 Å². The Labute approximate surface area is 73.2 Å². The molecule has 0 rings (SSSR count). The average Bonchev–Trinajstić information content (AvgIpc) is 1.65. The molecule has 0 aromatic rings.